The van der Waals surface area contributed by atoms with Crippen LogP contribution in [-0.2, 0) is 22.6 Å². The van der Waals surface area contributed by atoms with Crippen LogP contribution in [-0.4, -0.2) is 23.5 Å². The van der Waals surface area contributed by atoms with Gasteiger partial charge in [0.15, 0.2) is 0 Å². The predicted molar refractivity (Wildman–Crippen MR) is 112 cm³/mol. The molecule has 1 heterocycles. The molecule has 0 spiro atoms. The molecule has 1 amide bonds. The Morgan fingerprint density at radius 1 is 1.10 bits per heavy atom. The fraction of sp³-hybridized carbons (Fsp3) is 0.227. The second-order valence-electron chi connectivity index (χ2n) is 6.28. The van der Waals surface area contributed by atoms with Crippen LogP contribution in [0.15, 0.2) is 53.9 Å². The van der Waals surface area contributed by atoms with E-state index in [4.69, 9.17) is 9.47 Å². The number of amides is 1. The van der Waals surface area contributed by atoms with Gasteiger partial charge >= 0.3 is 5.97 Å². The highest BCUT2D eigenvalue weighted by atomic mass is 32.1. The van der Waals surface area contributed by atoms with Gasteiger partial charge in [0.2, 0.25) is 5.91 Å². The van der Waals surface area contributed by atoms with Crippen molar-refractivity contribution in [2.24, 2.45) is 0 Å². The molecule has 1 aromatic heterocycles. The van der Waals surface area contributed by atoms with Crippen LogP contribution in [0, 0.1) is 6.92 Å². The number of carbonyl (C=O) groups is 2. The monoisotopic (exact) mass is 410 g/mol. The summed E-state index contributed by atoms with van der Waals surface area (Å²) in [5, 5.41) is 5.34. The maximum absolute atomic E-state index is 12.3. The van der Waals surface area contributed by atoms with Crippen molar-refractivity contribution in [2.45, 2.75) is 26.9 Å². The molecule has 3 aromatic rings. The number of nitrogens with zero attached hydrogens (tertiary/aromatic N) is 1. The number of aromatic nitrogens is 1. The molecular weight excluding hydrogens is 388 g/mol. The summed E-state index contributed by atoms with van der Waals surface area (Å²) in [5.41, 5.74) is 2.77. The highest BCUT2D eigenvalue weighted by Gasteiger charge is 2.15. The fourth-order valence-corrected chi connectivity index (χ4v) is 3.45. The first kappa shape index (κ1) is 20.5. The summed E-state index contributed by atoms with van der Waals surface area (Å²) in [7, 11) is 0. The highest BCUT2D eigenvalue weighted by Crippen LogP contribution is 2.20. The van der Waals surface area contributed by atoms with Gasteiger partial charge in [-0.05, 0) is 37.6 Å². The summed E-state index contributed by atoms with van der Waals surface area (Å²) in [6, 6.07) is 14.6. The number of hydrogen-bond donors (Lipinski definition) is 1. The van der Waals surface area contributed by atoms with Crippen LogP contribution in [0.1, 0.15) is 33.5 Å². The van der Waals surface area contributed by atoms with Crippen molar-refractivity contribution in [3.8, 4) is 5.75 Å². The molecule has 3 rings (SSSR count). The number of benzene rings is 2. The number of ether oxygens (including phenoxy) is 2. The van der Waals surface area contributed by atoms with E-state index in [0.717, 1.165) is 11.3 Å². The van der Waals surface area contributed by atoms with Gasteiger partial charge in [-0.25, -0.2) is 9.78 Å². The standard InChI is InChI=1S/C22H22N2O4S/c1-3-27-19-11-7-5-9-17(19)22(26)28-13-16-14-29-21(23-16)12-20(25)24-18-10-6-4-8-15(18)2/h4-11,14H,3,12-13H2,1-2H3,(H,24,25). The average Bonchev–Trinajstić information content (AvgIpc) is 3.16. The van der Waals surface area contributed by atoms with Crippen molar-refractivity contribution < 1.29 is 19.1 Å². The van der Waals surface area contributed by atoms with Crippen LogP contribution >= 0.6 is 11.3 Å². The van der Waals surface area contributed by atoms with Crippen LogP contribution in [0.3, 0.4) is 0 Å². The van der Waals surface area contributed by atoms with Crippen molar-refractivity contribution >= 4 is 28.9 Å². The summed E-state index contributed by atoms with van der Waals surface area (Å²) in [6.07, 6.45) is 0.167. The van der Waals surface area contributed by atoms with Crippen LogP contribution in [0.25, 0.3) is 0 Å². The zero-order valence-electron chi connectivity index (χ0n) is 16.3. The minimum Gasteiger partial charge on any atom is -0.493 e. The molecule has 1 N–H and O–H groups in total. The van der Waals surface area contributed by atoms with E-state index >= 15 is 0 Å². The van der Waals surface area contributed by atoms with E-state index < -0.39 is 5.97 Å². The molecule has 150 valence electrons. The number of thiazole rings is 1. The highest BCUT2D eigenvalue weighted by molar-refractivity contribution is 7.09. The maximum Gasteiger partial charge on any atom is 0.342 e. The third kappa shape index (κ3) is 5.65. The maximum atomic E-state index is 12.3. The number of para-hydroxylation sites is 2. The van der Waals surface area contributed by atoms with Crippen molar-refractivity contribution in [2.75, 3.05) is 11.9 Å². The van der Waals surface area contributed by atoms with Gasteiger partial charge < -0.3 is 14.8 Å². The molecule has 0 saturated heterocycles. The lowest BCUT2D eigenvalue weighted by Gasteiger charge is -2.09. The van der Waals surface area contributed by atoms with Crippen molar-refractivity contribution in [3.63, 3.8) is 0 Å². The lowest BCUT2D eigenvalue weighted by Crippen LogP contribution is -2.15. The number of nitrogens with one attached hydrogen (secondary N) is 1. The van der Waals surface area contributed by atoms with E-state index in [9.17, 15) is 9.59 Å². The molecule has 0 radical (unpaired) electrons. The number of anilines is 1. The normalized spacial score (nSPS) is 10.4. The summed E-state index contributed by atoms with van der Waals surface area (Å²) >= 11 is 1.36. The Balaban J connectivity index is 1.55. The average molecular weight is 410 g/mol. The van der Waals surface area contributed by atoms with Crippen molar-refractivity contribution in [1.82, 2.24) is 4.98 Å². The van der Waals surface area contributed by atoms with Gasteiger partial charge in [-0.15, -0.1) is 11.3 Å². The molecule has 0 unspecified atom stereocenters. The second-order valence-corrected chi connectivity index (χ2v) is 7.22. The molecule has 0 aliphatic rings. The number of aryl methyl sites for hydroxylation is 1. The fourth-order valence-electron chi connectivity index (χ4n) is 2.68. The molecule has 2 aromatic carbocycles. The molecule has 0 fully saturated rings. The zero-order valence-corrected chi connectivity index (χ0v) is 17.1. The predicted octanol–water partition coefficient (Wildman–Crippen LogP) is 4.39. The van der Waals surface area contributed by atoms with E-state index in [2.05, 4.69) is 10.3 Å². The number of esters is 1. The van der Waals surface area contributed by atoms with Crippen LogP contribution in [0.4, 0.5) is 5.69 Å². The Hall–Kier alpha value is -3.19. The Kier molecular flexibility index (Phi) is 6.97. The smallest absolute Gasteiger partial charge is 0.342 e. The van der Waals surface area contributed by atoms with E-state index in [1.807, 2.05) is 38.1 Å². The van der Waals surface area contributed by atoms with Gasteiger partial charge in [-0.2, -0.15) is 0 Å². The van der Waals surface area contributed by atoms with Gasteiger partial charge in [0, 0.05) is 11.1 Å². The van der Waals surface area contributed by atoms with Crippen molar-refractivity contribution in [1.29, 1.82) is 0 Å². The van der Waals surface area contributed by atoms with Gasteiger partial charge in [-0.3, -0.25) is 4.79 Å². The number of rotatable bonds is 8. The largest absolute Gasteiger partial charge is 0.493 e. The minimum atomic E-state index is -0.471. The Morgan fingerprint density at radius 3 is 2.66 bits per heavy atom. The topological polar surface area (TPSA) is 77.5 Å². The summed E-state index contributed by atoms with van der Waals surface area (Å²) in [5.74, 6) is -0.115. The van der Waals surface area contributed by atoms with Gasteiger partial charge in [0.25, 0.3) is 0 Å². The Labute approximate surface area is 173 Å². The summed E-state index contributed by atoms with van der Waals surface area (Å²) < 4.78 is 10.8. The SMILES string of the molecule is CCOc1ccccc1C(=O)OCc1csc(CC(=O)Nc2ccccc2C)n1. The van der Waals surface area contributed by atoms with E-state index in [0.29, 0.717) is 28.6 Å². The lowest BCUT2D eigenvalue weighted by atomic mass is 10.2. The molecule has 0 aliphatic heterocycles. The first-order valence-corrected chi connectivity index (χ1v) is 10.1. The van der Waals surface area contributed by atoms with Crippen LogP contribution < -0.4 is 10.1 Å². The van der Waals surface area contributed by atoms with E-state index in [1.165, 1.54) is 11.3 Å². The van der Waals surface area contributed by atoms with Crippen molar-refractivity contribution in [3.05, 3.63) is 75.7 Å². The first-order valence-electron chi connectivity index (χ1n) is 9.24. The molecule has 0 aliphatic carbocycles. The Morgan fingerprint density at radius 2 is 1.86 bits per heavy atom. The molecule has 29 heavy (non-hydrogen) atoms. The van der Waals surface area contributed by atoms with Gasteiger partial charge in [0.05, 0.1) is 18.7 Å². The molecule has 0 saturated carbocycles. The first-order chi connectivity index (χ1) is 14.1. The summed E-state index contributed by atoms with van der Waals surface area (Å²) in [6.45, 7) is 4.29. The third-order valence-electron chi connectivity index (χ3n) is 4.09. The van der Waals surface area contributed by atoms with Crippen LogP contribution in [0.5, 0.6) is 5.75 Å². The minimum absolute atomic E-state index is 0.0369. The Bertz CT molecular complexity index is 1000. The lowest BCUT2D eigenvalue weighted by molar-refractivity contribution is -0.115. The third-order valence-corrected chi connectivity index (χ3v) is 4.99. The zero-order chi connectivity index (χ0) is 20.6. The van der Waals surface area contributed by atoms with Gasteiger partial charge in [0.1, 0.15) is 22.9 Å². The molecule has 7 heteroatoms. The molecular formula is C22H22N2O4S. The number of hydrogen-bond acceptors (Lipinski definition) is 6. The molecule has 6 nitrogen and oxygen atoms in total. The molecule has 0 atom stereocenters. The van der Waals surface area contributed by atoms with E-state index in [1.54, 1.807) is 29.6 Å². The summed E-state index contributed by atoms with van der Waals surface area (Å²) in [4.78, 5) is 29.0. The van der Waals surface area contributed by atoms with E-state index in [-0.39, 0.29) is 18.9 Å². The second kappa shape index (κ2) is 9.84. The van der Waals surface area contributed by atoms with Crippen LogP contribution in [0.2, 0.25) is 0 Å². The van der Waals surface area contributed by atoms with Gasteiger partial charge in [-0.1, -0.05) is 30.3 Å². The molecule has 0 bridgehead atoms. The quantitative estimate of drug-likeness (QED) is 0.558. The number of carbonyl (C=O) groups excluding carboxylic acids is 2.